The Balaban J connectivity index is 1.83. The number of nitrogens with zero attached hydrogens (tertiary/aromatic N) is 1. The van der Waals surface area contributed by atoms with Gasteiger partial charge in [-0.3, -0.25) is 19.7 Å². The fourth-order valence-electron chi connectivity index (χ4n) is 1.95. The van der Waals surface area contributed by atoms with Crippen LogP contribution in [0.2, 0.25) is 5.02 Å². The van der Waals surface area contributed by atoms with Crippen molar-refractivity contribution in [2.45, 2.75) is 0 Å². The summed E-state index contributed by atoms with van der Waals surface area (Å²) < 4.78 is 0.481. The molecule has 2 aromatic carbocycles. The largest absolute Gasteiger partial charge is 0.350 e. The fraction of sp³-hybridized carbons (Fsp3) is 0.125. The lowest BCUT2D eigenvalue weighted by atomic mass is 10.2. The lowest BCUT2D eigenvalue weighted by Gasteiger charge is -2.08. The maximum absolute atomic E-state index is 12.1. The number of carbonyl (C=O) groups is 2. The van der Waals surface area contributed by atoms with Crippen LogP contribution in [0.15, 0.2) is 42.5 Å². The van der Waals surface area contributed by atoms with E-state index < -0.39 is 4.92 Å². The monoisotopic (exact) mass is 473 g/mol. The molecular weight excluding hydrogens is 461 g/mol. The van der Waals surface area contributed by atoms with E-state index in [4.69, 9.17) is 11.6 Å². The molecule has 0 fully saturated rings. The Hall–Kier alpha value is -2.20. The SMILES string of the molecule is O=C(NCCNC(=O)c1ccc([N+](=O)[O-])cc1I)c1ccc(Cl)cc1. The van der Waals surface area contributed by atoms with Gasteiger partial charge in [0.15, 0.2) is 0 Å². The molecule has 0 saturated heterocycles. The number of non-ortho nitro benzene ring substituents is 1. The molecule has 2 rings (SSSR count). The number of carbonyl (C=O) groups excluding carboxylic acids is 2. The minimum absolute atomic E-state index is 0.0730. The van der Waals surface area contributed by atoms with E-state index >= 15 is 0 Å². The lowest BCUT2D eigenvalue weighted by molar-refractivity contribution is -0.384. The molecule has 0 bridgehead atoms. The first kappa shape index (κ1) is 19.1. The van der Waals surface area contributed by atoms with E-state index in [1.807, 2.05) is 22.6 Å². The van der Waals surface area contributed by atoms with Crippen molar-refractivity contribution in [1.82, 2.24) is 10.6 Å². The molecule has 0 aliphatic heterocycles. The smallest absolute Gasteiger partial charge is 0.270 e. The van der Waals surface area contributed by atoms with E-state index in [-0.39, 0.29) is 30.6 Å². The summed E-state index contributed by atoms with van der Waals surface area (Å²) >= 11 is 7.63. The number of amides is 2. The van der Waals surface area contributed by atoms with Crippen LogP contribution in [-0.4, -0.2) is 29.8 Å². The Morgan fingerprint density at radius 2 is 1.64 bits per heavy atom. The van der Waals surface area contributed by atoms with Gasteiger partial charge < -0.3 is 10.6 Å². The summed E-state index contributed by atoms with van der Waals surface area (Å²) in [7, 11) is 0. The maximum atomic E-state index is 12.1. The number of nitro benzene ring substituents is 1. The summed E-state index contributed by atoms with van der Waals surface area (Å²) in [4.78, 5) is 34.2. The highest BCUT2D eigenvalue weighted by Crippen LogP contribution is 2.19. The van der Waals surface area contributed by atoms with Crippen LogP contribution in [0.25, 0.3) is 0 Å². The van der Waals surface area contributed by atoms with Crippen molar-refractivity contribution in [3.05, 3.63) is 72.3 Å². The molecule has 0 saturated carbocycles. The minimum atomic E-state index is -0.518. The molecule has 2 aromatic rings. The second-order valence-electron chi connectivity index (χ2n) is 4.94. The van der Waals surface area contributed by atoms with Crippen LogP contribution >= 0.6 is 34.2 Å². The predicted molar refractivity (Wildman–Crippen MR) is 102 cm³/mol. The van der Waals surface area contributed by atoms with Gasteiger partial charge in [-0.2, -0.15) is 0 Å². The van der Waals surface area contributed by atoms with E-state index in [0.29, 0.717) is 19.7 Å². The average Bonchev–Trinajstić information content (AvgIpc) is 2.58. The average molecular weight is 474 g/mol. The van der Waals surface area contributed by atoms with Crippen LogP contribution in [0.1, 0.15) is 20.7 Å². The molecule has 0 atom stereocenters. The first-order valence-electron chi connectivity index (χ1n) is 7.14. The third kappa shape index (κ3) is 5.40. The zero-order chi connectivity index (χ0) is 18.4. The lowest BCUT2D eigenvalue weighted by Crippen LogP contribution is -2.34. The highest BCUT2D eigenvalue weighted by Gasteiger charge is 2.14. The normalized spacial score (nSPS) is 10.2. The zero-order valence-corrected chi connectivity index (χ0v) is 15.7. The second kappa shape index (κ2) is 8.77. The van der Waals surface area contributed by atoms with Crippen molar-refractivity contribution in [3.63, 3.8) is 0 Å². The number of hydrogen-bond acceptors (Lipinski definition) is 4. The van der Waals surface area contributed by atoms with Gasteiger partial charge in [0.25, 0.3) is 17.5 Å². The number of rotatable bonds is 6. The molecule has 0 heterocycles. The van der Waals surface area contributed by atoms with Gasteiger partial charge in [-0.05, 0) is 52.9 Å². The molecule has 7 nitrogen and oxygen atoms in total. The Bertz CT molecular complexity index is 812. The number of nitro groups is 1. The zero-order valence-electron chi connectivity index (χ0n) is 12.8. The van der Waals surface area contributed by atoms with E-state index in [1.54, 1.807) is 24.3 Å². The van der Waals surface area contributed by atoms with Crippen molar-refractivity contribution in [3.8, 4) is 0 Å². The molecule has 0 unspecified atom stereocenters. The van der Waals surface area contributed by atoms with Gasteiger partial charge in [-0.15, -0.1) is 0 Å². The van der Waals surface area contributed by atoms with Crippen molar-refractivity contribution in [1.29, 1.82) is 0 Å². The van der Waals surface area contributed by atoms with E-state index in [1.165, 1.54) is 18.2 Å². The summed E-state index contributed by atoms with van der Waals surface area (Å²) in [6.45, 7) is 0.474. The number of halogens is 2. The highest BCUT2D eigenvalue weighted by molar-refractivity contribution is 14.1. The summed E-state index contributed by atoms with van der Waals surface area (Å²) in [6, 6.07) is 10.5. The van der Waals surface area contributed by atoms with Crippen LogP contribution in [0.3, 0.4) is 0 Å². The van der Waals surface area contributed by atoms with Crippen LogP contribution in [-0.2, 0) is 0 Å². The minimum Gasteiger partial charge on any atom is -0.350 e. The summed E-state index contributed by atoms with van der Waals surface area (Å²) in [6.07, 6.45) is 0. The molecular formula is C16H13ClIN3O4. The molecule has 25 heavy (non-hydrogen) atoms. The molecule has 0 aliphatic rings. The summed E-state index contributed by atoms with van der Waals surface area (Å²) in [5.41, 5.74) is 0.743. The predicted octanol–water partition coefficient (Wildman–Crippen LogP) is 3.01. The van der Waals surface area contributed by atoms with Crippen molar-refractivity contribution < 1.29 is 14.5 Å². The standard InChI is InChI=1S/C16H13ClIN3O4/c17-11-3-1-10(2-4-11)15(22)19-7-8-20-16(23)13-6-5-12(21(24)25)9-14(13)18/h1-6,9H,7-8H2,(H,19,22)(H,20,23). The summed E-state index contributed by atoms with van der Waals surface area (Å²) in [5.74, 6) is -0.629. The molecule has 0 radical (unpaired) electrons. The van der Waals surface area contributed by atoms with Gasteiger partial charge in [0, 0.05) is 39.4 Å². The van der Waals surface area contributed by atoms with Crippen LogP contribution < -0.4 is 10.6 Å². The van der Waals surface area contributed by atoms with Gasteiger partial charge in [0.1, 0.15) is 0 Å². The first-order chi connectivity index (χ1) is 11.9. The number of benzene rings is 2. The van der Waals surface area contributed by atoms with Crippen LogP contribution in [0.4, 0.5) is 5.69 Å². The number of hydrogen-bond donors (Lipinski definition) is 2. The quantitative estimate of drug-likeness (QED) is 0.291. The van der Waals surface area contributed by atoms with Crippen LogP contribution in [0.5, 0.6) is 0 Å². The van der Waals surface area contributed by atoms with E-state index in [0.717, 1.165) is 0 Å². The van der Waals surface area contributed by atoms with Gasteiger partial charge in [0.05, 0.1) is 10.5 Å². The van der Waals surface area contributed by atoms with Crippen LogP contribution in [0, 0.1) is 13.7 Å². The molecule has 9 heteroatoms. The highest BCUT2D eigenvalue weighted by atomic mass is 127. The van der Waals surface area contributed by atoms with Crippen molar-refractivity contribution >= 4 is 51.7 Å². The first-order valence-corrected chi connectivity index (χ1v) is 8.60. The van der Waals surface area contributed by atoms with Crippen molar-refractivity contribution in [2.75, 3.05) is 13.1 Å². The second-order valence-corrected chi connectivity index (χ2v) is 6.54. The number of nitrogens with one attached hydrogen (secondary N) is 2. The molecule has 0 aromatic heterocycles. The third-order valence-electron chi connectivity index (χ3n) is 3.21. The van der Waals surface area contributed by atoms with Gasteiger partial charge >= 0.3 is 0 Å². The van der Waals surface area contributed by atoms with Gasteiger partial charge in [-0.1, -0.05) is 11.6 Å². The summed E-state index contributed by atoms with van der Waals surface area (Å²) in [5, 5.41) is 16.6. The molecule has 0 aliphatic carbocycles. The Morgan fingerprint density at radius 3 is 2.20 bits per heavy atom. The molecule has 2 amide bonds. The van der Waals surface area contributed by atoms with Gasteiger partial charge in [0.2, 0.25) is 0 Å². The molecule has 130 valence electrons. The third-order valence-corrected chi connectivity index (χ3v) is 4.36. The van der Waals surface area contributed by atoms with Gasteiger partial charge in [-0.25, -0.2) is 0 Å². The molecule has 2 N–H and O–H groups in total. The topological polar surface area (TPSA) is 101 Å². The van der Waals surface area contributed by atoms with E-state index in [2.05, 4.69) is 10.6 Å². The Morgan fingerprint density at radius 1 is 1.04 bits per heavy atom. The fourth-order valence-corrected chi connectivity index (χ4v) is 2.82. The Kier molecular flexibility index (Phi) is 6.71. The van der Waals surface area contributed by atoms with E-state index in [9.17, 15) is 19.7 Å². The van der Waals surface area contributed by atoms with Crippen molar-refractivity contribution in [2.24, 2.45) is 0 Å². The molecule has 0 spiro atoms. The Labute approximate surface area is 162 Å². The maximum Gasteiger partial charge on any atom is 0.270 e.